The van der Waals surface area contributed by atoms with E-state index in [1.165, 1.54) is 11.3 Å². The summed E-state index contributed by atoms with van der Waals surface area (Å²) in [5, 5.41) is 14.6. The lowest BCUT2D eigenvalue weighted by Gasteiger charge is -2.14. The number of hydrogen-bond donors (Lipinski definition) is 2. The van der Waals surface area contributed by atoms with Crippen molar-refractivity contribution in [2.45, 2.75) is 32.2 Å². The van der Waals surface area contributed by atoms with E-state index >= 15 is 0 Å². The topological polar surface area (TPSA) is 79.3 Å². The van der Waals surface area contributed by atoms with Crippen molar-refractivity contribution in [1.82, 2.24) is 10.3 Å². The Hall–Kier alpha value is -2.21. The fourth-order valence-electron chi connectivity index (χ4n) is 2.05. The second kappa shape index (κ2) is 7.70. The third-order valence-electron chi connectivity index (χ3n) is 3.16. The van der Waals surface area contributed by atoms with Crippen molar-refractivity contribution in [3.8, 4) is 0 Å². The molecule has 0 aliphatic rings. The summed E-state index contributed by atoms with van der Waals surface area (Å²) in [7, 11) is 0. The second-order valence-corrected chi connectivity index (χ2v) is 5.85. The zero-order valence-electron chi connectivity index (χ0n) is 12.3. The smallest absolute Gasteiger partial charge is 0.326 e. The van der Waals surface area contributed by atoms with Crippen LogP contribution in [0.3, 0.4) is 0 Å². The van der Waals surface area contributed by atoms with E-state index in [1.807, 2.05) is 42.6 Å². The minimum absolute atomic E-state index is 0.106. The molecule has 6 heteroatoms. The number of carboxylic acids is 1. The van der Waals surface area contributed by atoms with E-state index < -0.39 is 12.0 Å². The maximum Gasteiger partial charge on any atom is 0.326 e. The van der Waals surface area contributed by atoms with Crippen molar-refractivity contribution in [2.24, 2.45) is 0 Å². The molecule has 1 atom stereocenters. The van der Waals surface area contributed by atoms with Gasteiger partial charge >= 0.3 is 5.97 Å². The molecular formula is C16H18N2O3S. The fraction of sp³-hybridized carbons (Fsp3) is 0.312. The zero-order valence-corrected chi connectivity index (χ0v) is 13.1. The van der Waals surface area contributed by atoms with Crippen molar-refractivity contribution >= 4 is 23.2 Å². The molecule has 0 fully saturated rings. The molecule has 0 unspecified atom stereocenters. The standard InChI is InChI=1S/C16H18N2O3S/c1-2-15-17-12(10-22-15)9-14(19)18-13(16(20)21)8-11-6-4-3-5-7-11/h3-7,10,13H,2,8-9H2,1H3,(H,18,19)(H,20,21)/t13-/m0/s1. The van der Waals surface area contributed by atoms with Gasteiger partial charge in [0.2, 0.25) is 5.91 Å². The first-order valence-electron chi connectivity index (χ1n) is 7.08. The summed E-state index contributed by atoms with van der Waals surface area (Å²) in [5.74, 6) is -1.36. The lowest BCUT2D eigenvalue weighted by molar-refractivity contribution is -0.141. The van der Waals surface area contributed by atoms with Crippen LogP contribution in [0.1, 0.15) is 23.2 Å². The highest BCUT2D eigenvalue weighted by molar-refractivity contribution is 7.09. The van der Waals surface area contributed by atoms with Crippen LogP contribution in [-0.2, 0) is 28.9 Å². The van der Waals surface area contributed by atoms with Gasteiger partial charge in [-0.1, -0.05) is 37.3 Å². The average molecular weight is 318 g/mol. The summed E-state index contributed by atoms with van der Waals surface area (Å²) in [6.45, 7) is 2.00. The molecule has 0 saturated heterocycles. The molecule has 116 valence electrons. The highest BCUT2D eigenvalue weighted by Crippen LogP contribution is 2.11. The van der Waals surface area contributed by atoms with Crippen LogP contribution in [0.2, 0.25) is 0 Å². The molecule has 1 heterocycles. The predicted molar refractivity (Wildman–Crippen MR) is 84.9 cm³/mol. The van der Waals surface area contributed by atoms with Gasteiger partial charge in [0.15, 0.2) is 0 Å². The number of aromatic nitrogens is 1. The highest BCUT2D eigenvalue weighted by Gasteiger charge is 2.20. The number of aliphatic carboxylic acids is 1. The van der Waals surface area contributed by atoms with Gasteiger partial charge in [-0.05, 0) is 12.0 Å². The van der Waals surface area contributed by atoms with Gasteiger partial charge < -0.3 is 10.4 Å². The van der Waals surface area contributed by atoms with Crippen LogP contribution in [0.5, 0.6) is 0 Å². The van der Waals surface area contributed by atoms with Gasteiger partial charge in [0.1, 0.15) is 6.04 Å². The SMILES string of the molecule is CCc1nc(CC(=O)N[C@@H](Cc2ccccc2)C(=O)O)cs1. The molecule has 2 N–H and O–H groups in total. The molecular weight excluding hydrogens is 300 g/mol. The van der Waals surface area contributed by atoms with E-state index in [0.29, 0.717) is 5.69 Å². The fourth-order valence-corrected chi connectivity index (χ4v) is 2.80. The molecule has 2 rings (SSSR count). The van der Waals surface area contributed by atoms with Crippen LogP contribution in [0.25, 0.3) is 0 Å². The molecule has 0 aliphatic carbocycles. The Kier molecular flexibility index (Phi) is 5.66. The average Bonchev–Trinajstić information content (AvgIpc) is 2.95. The lowest BCUT2D eigenvalue weighted by Crippen LogP contribution is -2.43. The number of nitrogens with one attached hydrogen (secondary N) is 1. The first-order chi connectivity index (χ1) is 10.6. The minimum Gasteiger partial charge on any atom is -0.480 e. The highest BCUT2D eigenvalue weighted by atomic mass is 32.1. The number of nitrogens with zero attached hydrogens (tertiary/aromatic N) is 1. The Balaban J connectivity index is 1.95. The van der Waals surface area contributed by atoms with Gasteiger partial charge in [-0.2, -0.15) is 0 Å². The summed E-state index contributed by atoms with van der Waals surface area (Å²) >= 11 is 1.51. The van der Waals surface area contributed by atoms with Gasteiger partial charge in [-0.15, -0.1) is 11.3 Å². The normalized spacial score (nSPS) is 11.9. The molecule has 1 amide bonds. The van der Waals surface area contributed by atoms with Crippen molar-refractivity contribution in [2.75, 3.05) is 0 Å². The van der Waals surface area contributed by atoms with Crippen LogP contribution in [-0.4, -0.2) is 28.0 Å². The van der Waals surface area contributed by atoms with Crippen LogP contribution in [0.4, 0.5) is 0 Å². The summed E-state index contributed by atoms with van der Waals surface area (Å²) in [6.07, 6.45) is 1.20. The van der Waals surface area contributed by atoms with Crippen molar-refractivity contribution in [1.29, 1.82) is 0 Å². The zero-order chi connectivity index (χ0) is 15.9. The number of hydrogen-bond acceptors (Lipinski definition) is 4. The van der Waals surface area contributed by atoms with Crippen LogP contribution in [0, 0.1) is 0 Å². The van der Waals surface area contributed by atoms with Crippen molar-refractivity contribution in [3.05, 3.63) is 52.0 Å². The first-order valence-corrected chi connectivity index (χ1v) is 7.95. The van der Waals surface area contributed by atoms with Crippen molar-refractivity contribution in [3.63, 3.8) is 0 Å². The number of carbonyl (C=O) groups is 2. The Bertz CT molecular complexity index is 640. The second-order valence-electron chi connectivity index (χ2n) is 4.91. The Morgan fingerprint density at radius 1 is 1.32 bits per heavy atom. The summed E-state index contributed by atoms with van der Waals surface area (Å²) in [6, 6.07) is 8.31. The van der Waals surface area contributed by atoms with E-state index in [9.17, 15) is 14.7 Å². The number of aryl methyl sites for hydroxylation is 1. The lowest BCUT2D eigenvalue weighted by atomic mass is 10.1. The quantitative estimate of drug-likeness (QED) is 0.819. The van der Waals surface area contributed by atoms with Crippen LogP contribution >= 0.6 is 11.3 Å². The molecule has 1 aromatic carbocycles. The molecule has 0 bridgehead atoms. The third-order valence-corrected chi connectivity index (χ3v) is 4.20. The minimum atomic E-state index is -1.04. The van der Waals surface area contributed by atoms with E-state index in [-0.39, 0.29) is 18.7 Å². The predicted octanol–water partition coefficient (Wildman–Crippen LogP) is 2.06. The summed E-state index contributed by atoms with van der Waals surface area (Å²) < 4.78 is 0. The van der Waals surface area contributed by atoms with Gasteiger partial charge in [-0.25, -0.2) is 9.78 Å². The number of rotatable bonds is 7. The monoisotopic (exact) mass is 318 g/mol. The molecule has 1 aromatic heterocycles. The number of amides is 1. The number of benzene rings is 1. The van der Waals surface area contributed by atoms with Gasteiger partial charge in [0.25, 0.3) is 0 Å². The number of carbonyl (C=O) groups excluding carboxylic acids is 1. The van der Waals surface area contributed by atoms with Gasteiger partial charge in [0, 0.05) is 11.8 Å². The van der Waals surface area contributed by atoms with Crippen LogP contribution < -0.4 is 5.32 Å². The molecule has 22 heavy (non-hydrogen) atoms. The largest absolute Gasteiger partial charge is 0.480 e. The number of carboxylic acid groups (broad SMARTS) is 1. The van der Waals surface area contributed by atoms with Crippen LogP contribution in [0.15, 0.2) is 35.7 Å². The van der Waals surface area contributed by atoms with E-state index in [4.69, 9.17) is 0 Å². The Labute approximate surface area is 133 Å². The first kappa shape index (κ1) is 16.2. The molecule has 0 spiro atoms. The molecule has 5 nitrogen and oxygen atoms in total. The third kappa shape index (κ3) is 4.66. The summed E-state index contributed by atoms with van der Waals surface area (Å²) in [5.41, 5.74) is 1.56. The molecule has 0 radical (unpaired) electrons. The Morgan fingerprint density at radius 2 is 2.05 bits per heavy atom. The van der Waals surface area contributed by atoms with Crippen molar-refractivity contribution < 1.29 is 14.7 Å². The Morgan fingerprint density at radius 3 is 2.64 bits per heavy atom. The van der Waals surface area contributed by atoms with Gasteiger partial charge in [0.05, 0.1) is 17.1 Å². The number of thiazole rings is 1. The maximum atomic E-state index is 12.0. The van der Waals surface area contributed by atoms with Gasteiger partial charge in [-0.3, -0.25) is 4.79 Å². The molecule has 0 saturated carbocycles. The molecule has 0 aliphatic heterocycles. The van der Waals surface area contributed by atoms with E-state index in [1.54, 1.807) is 0 Å². The molecule has 2 aromatic rings. The summed E-state index contributed by atoms with van der Waals surface area (Å²) in [4.78, 5) is 27.6. The van der Waals surface area contributed by atoms with E-state index in [0.717, 1.165) is 17.0 Å². The van der Waals surface area contributed by atoms with E-state index in [2.05, 4.69) is 10.3 Å². The maximum absolute atomic E-state index is 12.0.